The van der Waals surface area contributed by atoms with E-state index in [4.69, 9.17) is 0 Å². The van der Waals surface area contributed by atoms with Gasteiger partial charge in [0, 0.05) is 0 Å². The van der Waals surface area contributed by atoms with Crippen molar-refractivity contribution >= 4 is 23.5 Å². The van der Waals surface area contributed by atoms with Gasteiger partial charge in [0.1, 0.15) is 0 Å². The second-order valence-electron chi connectivity index (χ2n) is 9.01. The SMILES string of the molecule is CCc1cc(Cc2cc(CC(C)C)c(N=C=O)c(CC(C)C)c2)cc(CC)c1N=C=O. The largest absolute Gasteiger partial charge is 0.240 e. The summed E-state index contributed by atoms with van der Waals surface area (Å²) in [5.74, 6) is 0.920. The number of nitrogens with zero attached hydrogens (tertiary/aromatic N) is 2. The van der Waals surface area contributed by atoms with Gasteiger partial charge < -0.3 is 0 Å². The van der Waals surface area contributed by atoms with Crippen molar-refractivity contribution in [3.63, 3.8) is 0 Å². The summed E-state index contributed by atoms with van der Waals surface area (Å²) >= 11 is 0. The molecule has 4 nitrogen and oxygen atoms in total. The highest BCUT2D eigenvalue weighted by molar-refractivity contribution is 5.62. The minimum atomic E-state index is 0.460. The Kier molecular flexibility index (Phi) is 9.12. The molecule has 2 aromatic rings. The van der Waals surface area contributed by atoms with Crippen molar-refractivity contribution in [2.24, 2.45) is 21.8 Å². The molecule has 0 unspecified atom stereocenters. The number of hydrogen-bond acceptors (Lipinski definition) is 4. The first-order chi connectivity index (χ1) is 14.8. The maximum Gasteiger partial charge on any atom is 0.240 e. The first-order valence-corrected chi connectivity index (χ1v) is 11.3. The molecule has 0 bridgehead atoms. The first kappa shape index (κ1) is 24.5. The summed E-state index contributed by atoms with van der Waals surface area (Å²) in [7, 11) is 0. The Balaban J connectivity index is 2.60. The summed E-state index contributed by atoms with van der Waals surface area (Å²) in [6.07, 6.45) is 7.61. The van der Waals surface area contributed by atoms with Gasteiger partial charge in [-0.25, -0.2) is 9.59 Å². The molecule has 0 amide bonds. The van der Waals surface area contributed by atoms with E-state index in [-0.39, 0.29) is 0 Å². The molecule has 0 aliphatic heterocycles. The topological polar surface area (TPSA) is 58.9 Å². The van der Waals surface area contributed by atoms with E-state index >= 15 is 0 Å². The van der Waals surface area contributed by atoms with Gasteiger partial charge in [-0.1, -0.05) is 65.8 Å². The monoisotopic (exact) mass is 418 g/mol. The van der Waals surface area contributed by atoms with E-state index in [0.29, 0.717) is 11.8 Å². The lowest BCUT2D eigenvalue weighted by molar-refractivity contribution is 0.564. The van der Waals surface area contributed by atoms with Crippen LogP contribution in [0, 0.1) is 11.8 Å². The number of aliphatic imine (C=N–C) groups is 2. The van der Waals surface area contributed by atoms with Gasteiger partial charge in [0.05, 0.1) is 11.4 Å². The van der Waals surface area contributed by atoms with Crippen LogP contribution in [0.2, 0.25) is 0 Å². The molecule has 0 saturated carbocycles. The Bertz CT molecular complexity index is 952. The summed E-state index contributed by atoms with van der Waals surface area (Å²) in [6.45, 7) is 12.9. The zero-order chi connectivity index (χ0) is 23.0. The molecule has 0 aliphatic carbocycles. The van der Waals surface area contributed by atoms with Crippen LogP contribution in [0.3, 0.4) is 0 Å². The lowest BCUT2D eigenvalue weighted by Gasteiger charge is -2.17. The molecular weight excluding hydrogens is 384 g/mol. The molecule has 2 aromatic carbocycles. The minimum absolute atomic E-state index is 0.460. The molecule has 0 spiro atoms. The van der Waals surface area contributed by atoms with E-state index in [2.05, 4.69) is 75.8 Å². The standard InChI is InChI=1S/C27H34N2O2/c1-7-22-12-20(13-23(8-2)26(22)28-16-30)11-21-14-24(9-18(3)4)27(29-17-31)25(15-21)10-19(5)6/h12-15,18-19H,7-11H2,1-6H3. The lowest BCUT2D eigenvalue weighted by atomic mass is 9.89. The smallest absolute Gasteiger partial charge is 0.211 e. The molecule has 0 saturated heterocycles. The number of benzene rings is 2. The van der Waals surface area contributed by atoms with Gasteiger partial charge in [-0.2, -0.15) is 9.98 Å². The molecule has 0 aliphatic rings. The Morgan fingerprint density at radius 1 is 0.677 bits per heavy atom. The molecule has 31 heavy (non-hydrogen) atoms. The fraction of sp³-hybridized carbons (Fsp3) is 0.481. The van der Waals surface area contributed by atoms with Crippen LogP contribution >= 0.6 is 0 Å². The summed E-state index contributed by atoms with van der Waals surface area (Å²) in [5, 5.41) is 0. The molecular formula is C27H34N2O2. The number of aryl methyl sites for hydroxylation is 2. The van der Waals surface area contributed by atoms with E-state index in [0.717, 1.165) is 65.7 Å². The van der Waals surface area contributed by atoms with E-state index in [9.17, 15) is 9.59 Å². The zero-order valence-corrected chi connectivity index (χ0v) is 19.7. The van der Waals surface area contributed by atoms with Gasteiger partial charge in [0.25, 0.3) is 0 Å². The van der Waals surface area contributed by atoms with E-state index in [1.165, 1.54) is 11.1 Å². The van der Waals surface area contributed by atoms with Crippen molar-refractivity contribution < 1.29 is 9.59 Å². The minimum Gasteiger partial charge on any atom is -0.211 e. The highest BCUT2D eigenvalue weighted by Crippen LogP contribution is 2.33. The third-order valence-corrected chi connectivity index (χ3v) is 5.40. The number of isocyanates is 2. The Morgan fingerprint density at radius 2 is 1.03 bits per heavy atom. The van der Waals surface area contributed by atoms with Crippen molar-refractivity contribution in [3.05, 3.63) is 57.6 Å². The molecule has 0 atom stereocenters. The van der Waals surface area contributed by atoms with Crippen LogP contribution in [0.25, 0.3) is 0 Å². The Labute approximate surface area is 186 Å². The lowest BCUT2D eigenvalue weighted by Crippen LogP contribution is -2.03. The van der Waals surface area contributed by atoms with Crippen LogP contribution in [0.5, 0.6) is 0 Å². The van der Waals surface area contributed by atoms with Crippen molar-refractivity contribution in [1.82, 2.24) is 0 Å². The quantitative estimate of drug-likeness (QED) is 0.317. The molecule has 0 fully saturated rings. The summed E-state index contributed by atoms with van der Waals surface area (Å²) in [4.78, 5) is 30.1. The number of hydrogen-bond donors (Lipinski definition) is 0. The van der Waals surface area contributed by atoms with Crippen molar-refractivity contribution in [2.75, 3.05) is 0 Å². The molecule has 2 rings (SSSR count). The van der Waals surface area contributed by atoms with E-state index < -0.39 is 0 Å². The van der Waals surface area contributed by atoms with Crippen LogP contribution < -0.4 is 0 Å². The normalized spacial score (nSPS) is 10.8. The second kappa shape index (κ2) is 11.6. The first-order valence-electron chi connectivity index (χ1n) is 11.3. The average Bonchev–Trinajstić information content (AvgIpc) is 2.70. The molecule has 0 heterocycles. The van der Waals surface area contributed by atoms with Crippen LogP contribution in [0.4, 0.5) is 11.4 Å². The Morgan fingerprint density at radius 3 is 1.35 bits per heavy atom. The fourth-order valence-electron chi connectivity index (χ4n) is 4.21. The molecule has 0 radical (unpaired) electrons. The summed E-state index contributed by atoms with van der Waals surface area (Å²) < 4.78 is 0. The predicted molar refractivity (Wildman–Crippen MR) is 127 cm³/mol. The predicted octanol–water partition coefficient (Wildman–Crippen LogP) is 6.73. The van der Waals surface area contributed by atoms with Crippen LogP contribution in [0.15, 0.2) is 34.3 Å². The third kappa shape index (κ3) is 6.59. The summed E-state index contributed by atoms with van der Waals surface area (Å²) in [6, 6.07) is 8.68. The molecule has 4 heteroatoms. The molecule has 164 valence electrons. The number of carbonyl (C=O) groups excluding carboxylic acids is 2. The zero-order valence-electron chi connectivity index (χ0n) is 19.7. The van der Waals surface area contributed by atoms with Gasteiger partial charge in [0.15, 0.2) is 0 Å². The number of rotatable bonds is 10. The van der Waals surface area contributed by atoms with Gasteiger partial charge in [-0.3, -0.25) is 0 Å². The Hall–Kier alpha value is -2.80. The van der Waals surface area contributed by atoms with Crippen molar-refractivity contribution in [3.8, 4) is 0 Å². The molecule has 0 N–H and O–H groups in total. The highest BCUT2D eigenvalue weighted by Gasteiger charge is 2.15. The summed E-state index contributed by atoms with van der Waals surface area (Å²) in [5.41, 5.74) is 8.35. The van der Waals surface area contributed by atoms with Crippen molar-refractivity contribution in [2.45, 2.75) is 73.6 Å². The maximum absolute atomic E-state index is 11.1. The van der Waals surface area contributed by atoms with Gasteiger partial charge in [-0.15, -0.1) is 0 Å². The highest BCUT2D eigenvalue weighted by atomic mass is 16.1. The van der Waals surface area contributed by atoms with E-state index in [1.54, 1.807) is 12.2 Å². The third-order valence-electron chi connectivity index (χ3n) is 5.40. The van der Waals surface area contributed by atoms with Gasteiger partial charge >= 0.3 is 0 Å². The molecule has 0 aromatic heterocycles. The van der Waals surface area contributed by atoms with Crippen LogP contribution in [0.1, 0.15) is 74.9 Å². The van der Waals surface area contributed by atoms with Gasteiger partial charge in [-0.05, 0) is 77.3 Å². The van der Waals surface area contributed by atoms with E-state index in [1.807, 2.05) is 0 Å². The van der Waals surface area contributed by atoms with Crippen LogP contribution in [-0.2, 0) is 41.7 Å². The van der Waals surface area contributed by atoms with Crippen LogP contribution in [-0.4, -0.2) is 12.2 Å². The average molecular weight is 419 g/mol. The van der Waals surface area contributed by atoms with Crippen molar-refractivity contribution in [1.29, 1.82) is 0 Å². The fourth-order valence-corrected chi connectivity index (χ4v) is 4.21. The second-order valence-corrected chi connectivity index (χ2v) is 9.01. The van der Waals surface area contributed by atoms with Gasteiger partial charge in [0.2, 0.25) is 12.2 Å². The maximum atomic E-state index is 11.1.